The van der Waals surface area contributed by atoms with Crippen LogP contribution in [0, 0.1) is 5.41 Å². The minimum atomic E-state index is -4.39. The van der Waals surface area contributed by atoms with Crippen LogP contribution < -0.4 is 10.1 Å². The van der Waals surface area contributed by atoms with Crippen molar-refractivity contribution in [3.8, 4) is 17.0 Å². The molecule has 9 heteroatoms. The molecule has 0 aliphatic carbocycles. The molecule has 0 aliphatic heterocycles. The summed E-state index contributed by atoms with van der Waals surface area (Å²) in [4.78, 5) is 27.3. The summed E-state index contributed by atoms with van der Waals surface area (Å²) < 4.78 is 44.8. The van der Waals surface area contributed by atoms with Crippen molar-refractivity contribution in [2.75, 3.05) is 6.54 Å². The van der Waals surface area contributed by atoms with Gasteiger partial charge in [-0.15, -0.1) is 0 Å². The van der Waals surface area contributed by atoms with E-state index in [0.29, 0.717) is 29.0 Å². The lowest BCUT2D eigenvalue weighted by Gasteiger charge is -2.24. The fourth-order valence-corrected chi connectivity index (χ4v) is 3.71. The number of nitrogens with zero attached hydrogens (tertiary/aromatic N) is 1. The molecule has 1 amide bonds. The van der Waals surface area contributed by atoms with E-state index in [4.69, 9.17) is 9.84 Å². The number of ether oxygens (including phenoxy) is 1. The summed E-state index contributed by atoms with van der Waals surface area (Å²) >= 11 is 0. The van der Waals surface area contributed by atoms with Crippen molar-refractivity contribution >= 4 is 11.9 Å². The molecule has 0 radical (unpaired) electrons. The fraction of sp³-hybridized carbons (Fsp3) is 0.345. The van der Waals surface area contributed by atoms with E-state index >= 15 is 0 Å². The molecule has 0 bridgehead atoms. The van der Waals surface area contributed by atoms with Gasteiger partial charge in [0.15, 0.2) is 0 Å². The Kier molecular flexibility index (Phi) is 9.14. The molecule has 3 rings (SSSR count). The normalized spacial score (nSPS) is 12.6. The Bertz CT molecular complexity index is 1220. The molecule has 202 valence electrons. The average Bonchev–Trinajstić information content (AvgIpc) is 2.86. The summed E-state index contributed by atoms with van der Waals surface area (Å²) in [5.41, 5.74) is 1.71. The van der Waals surface area contributed by atoms with Crippen LogP contribution in [0.5, 0.6) is 5.75 Å². The van der Waals surface area contributed by atoms with Crippen LogP contribution in [-0.2, 0) is 11.0 Å². The molecule has 1 unspecified atom stereocenters. The van der Waals surface area contributed by atoms with Gasteiger partial charge in [-0.25, -0.2) is 0 Å². The van der Waals surface area contributed by atoms with Gasteiger partial charge in [0.25, 0.3) is 5.91 Å². The Hall–Kier alpha value is -3.88. The number of pyridine rings is 1. The Morgan fingerprint density at radius 1 is 0.974 bits per heavy atom. The van der Waals surface area contributed by atoms with Gasteiger partial charge in [0.2, 0.25) is 0 Å². The van der Waals surface area contributed by atoms with Crippen LogP contribution >= 0.6 is 0 Å². The first-order valence-corrected chi connectivity index (χ1v) is 12.2. The van der Waals surface area contributed by atoms with Crippen LogP contribution in [0.3, 0.4) is 0 Å². The Morgan fingerprint density at radius 2 is 1.63 bits per heavy atom. The van der Waals surface area contributed by atoms with E-state index in [0.717, 1.165) is 24.1 Å². The summed E-state index contributed by atoms with van der Waals surface area (Å²) in [7, 11) is 0. The fourth-order valence-electron chi connectivity index (χ4n) is 3.71. The SMILES string of the molecule is CC(C)(C)CCC(Oc1ccc(-c2ccc(C(F)(F)F)cc2)nc1)c1ccc(C(=O)NCCC(=O)O)cc1. The zero-order valence-electron chi connectivity index (χ0n) is 21.5. The maximum Gasteiger partial charge on any atom is 0.416 e. The van der Waals surface area contributed by atoms with Crippen LogP contribution in [0.25, 0.3) is 11.3 Å². The third-order valence-corrected chi connectivity index (χ3v) is 5.85. The maximum atomic E-state index is 12.8. The van der Waals surface area contributed by atoms with Crippen LogP contribution in [0.1, 0.15) is 67.6 Å². The van der Waals surface area contributed by atoms with E-state index in [2.05, 4.69) is 31.1 Å². The highest BCUT2D eigenvalue weighted by atomic mass is 19.4. The Balaban J connectivity index is 1.73. The third kappa shape index (κ3) is 8.61. The van der Waals surface area contributed by atoms with Crippen LogP contribution in [-0.4, -0.2) is 28.5 Å². The summed E-state index contributed by atoms with van der Waals surface area (Å²) in [5.74, 6) is -0.829. The monoisotopic (exact) mass is 528 g/mol. The van der Waals surface area contributed by atoms with Crippen LogP contribution in [0.2, 0.25) is 0 Å². The minimum Gasteiger partial charge on any atom is -0.484 e. The number of nitrogens with one attached hydrogen (secondary N) is 1. The number of halogens is 3. The van der Waals surface area contributed by atoms with Gasteiger partial charge in [-0.05, 0) is 60.2 Å². The number of carbonyl (C=O) groups excluding carboxylic acids is 1. The zero-order valence-corrected chi connectivity index (χ0v) is 21.5. The van der Waals surface area contributed by atoms with Gasteiger partial charge >= 0.3 is 12.1 Å². The Labute approximate surface area is 219 Å². The standard InChI is InChI=1S/C29H31F3N2O4/c1-28(2,3)16-14-25(20-4-6-21(7-5-20)27(37)33-17-15-26(35)36)38-23-12-13-24(34-18-23)19-8-10-22(11-9-19)29(30,31)32/h4-13,18,25H,14-17H2,1-3H3,(H,33,37)(H,35,36). The number of carboxylic acid groups (broad SMARTS) is 1. The number of amides is 1. The summed E-state index contributed by atoms with van der Waals surface area (Å²) in [5, 5.41) is 11.3. The molecule has 3 aromatic rings. The number of carboxylic acids is 1. The number of rotatable bonds is 10. The van der Waals surface area contributed by atoms with Gasteiger partial charge in [-0.3, -0.25) is 14.6 Å². The van der Waals surface area contributed by atoms with E-state index < -0.39 is 17.7 Å². The second-order valence-corrected chi connectivity index (χ2v) is 10.2. The minimum absolute atomic E-state index is 0.0444. The van der Waals surface area contributed by atoms with E-state index in [1.165, 1.54) is 12.1 Å². The molecule has 2 aromatic carbocycles. The van der Waals surface area contributed by atoms with E-state index in [1.54, 1.807) is 30.5 Å². The molecule has 38 heavy (non-hydrogen) atoms. The van der Waals surface area contributed by atoms with E-state index in [9.17, 15) is 22.8 Å². The molecular weight excluding hydrogens is 497 g/mol. The number of aliphatic carboxylic acids is 1. The summed E-state index contributed by atoms with van der Waals surface area (Å²) in [6, 6.07) is 15.2. The van der Waals surface area contributed by atoms with Crippen molar-refractivity contribution < 1.29 is 32.6 Å². The molecule has 0 saturated carbocycles. The zero-order chi connectivity index (χ0) is 27.9. The lowest BCUT2D eigenvalue weighted by molar-refractivity contribution is -0.138. The van der Waals surface area contributed by atoms with Gasteiger partial charge in [0, 0.05) is 17.7 Å². The van der Waals surface area contributed by atoms with Gasteiger partial charge in [0.05, 0.1) is 23.9 Å². The third-order valence-electron chi connectivity index (χ3n) is 5.85. The van der Waals surface area contributed by atoms with Gasteiger partial charge in [-0.2, -0.15) is 13.2 Å². The number of carbonyl (C=O) groups is 2. The molecule has 0 aliphatic rings. The van der Waals surface area contributed by atoms with Crippen molar-refractivity contribution in [3.63, 3.8) is 0 Å². The molecule has 0 saturated heterocycles. The number of benzene rings is 2. The molecular formula is C29H31F3N2O4. The van der Waals surface area contributed by atoms with Crippen molar-refractivity contribution in [2.24, 2.45) is 5.41 Å². The summed E-state index contributed by atoms with van der Waals surface area (Å²) in [6.45, 7) is 6.45. The van der Waals surface area contributed by atoms with Crippen molar-refractivity contribution in [1.82, 2.24) is 10.3 Å². The molecule has 1 aromatic heterocycles. The highest BCUT2D eigenvalue weighted by molar-refractivity contribution is 5.94. The van der Waals surface area contributed by atoms with Gasteiger partial charge in [0.1, 0.15) is 11.9 Å². The largest absolute Gasteiger partial charge is 0.484 e. The predicted molar refractivity (Wildman–Crippen MR) is 138 cm³/mol. The number of hydrogen-bond acceptors (Lipinski definition) is 4. The second kappa shape index (κ2) is 12.1. The first-order chi connectivity index (χ1) is 17.8. The van der Waals surface area contributed by atoms with Crippen molar-refractivity contribution in [2.45, 2.75) is 52.3 Å². The lowest BCUT2D eigenvalue weighted by atomic mass is 9.88. The van der Waals surface area contributed by atoms with E-state index in [-0.39, 0.29) is 30.4 Å². The molecule has 6 nitrogen and oxygen atoms in total. The van der Waals surface area contributed by atoms with Crippen molar-refractivity contribution in [3.05, 3.63) is 83.6 Å². The molecule has 2 N–H and O–H groups in total. The van der Waals surface area contributed by atoms with E-state index in [1.807, 2.05) is 12.1 Å². The van der Waals surface area contributed by atoms with Crippen molar-refractivity contribution in [1.29, 1.82) is 0 Å². The number of hydrogen-bond donors (Lipinski definition) is 2. The topological polar surface area (TPSA) is 88.5 Å². The lowest BCUT2D eigenvalue weighted by Crippen LogP contribution is -2.26. The molecule has 0 spiro atoms. The molecule has 0 fully saturated rings. The quantitative estimate of drug-likeness (QED) is 0.298. The van der Waals surface area contributed by atoms with Crippen LogP contribution in [0.4, 0.5) is 13.2 Å². The average molecular weight is 529 g/mol. The number of aromatic nitrogens is 1. The molecule has 1 heterocycles. The second-order valence-electron chi connectivity index (χ2n) is 10.2. The smallest absolute Gasteiger partial charge is 0.416 e. The summed E-state index contributed by atoms with van der Waals surface area (Å²) in [6.07, 6.45) is -1.76. The molecule has 1 atom stereocenters. The first-order valence-electron chi connectivity index (χ1n) is 12.2. The number of alkyl halides is 3. The highest BCUT2D eigenvalue weighted by Gasteiger charge is 2.30. The predicted octanol–water partition coefficient (Wildman–Crippen LogP) is 6.92. The first kappa shape index (κ1) is 28.7. The van der Waals surface area contributed by atoms with Gasteiger partial charge < -0.3 is 15.2 Å². The highest BCUT2D eigenvalue weighted by Crippen LogP contribution is 2.33. The Morgan fingerprint density at radius 3 is 2.16 bits per heavy atom. The van der Waals surface area contributed by atoms with Crippen LogP contribution in [0.15, 0.2) is 66.9 Å². The van der Waals surface area contributed by atoms with Gasteiger partial charge in [-0.1, -0.05) is 45.0 Å². The maximum absolute atomic E-state index is 12.8.